The number of amides is 1. The van der Waals surface area contributed by atoms with Crippen molar-refractivity contribution in [3.63, 3.8) is 0 Å². The van der Waals surface area contributed by atoms with Crippen molar-refractivity contribution in [2.45, 2.75) is 64.5 Å². The Morgan fingerprint density at radius 3 is 2.47 bits per heavy atom. The number of hydrogen-bond acceptors (Lipinski definition) is 4. The van der Waals surface area contributed by atoms with E-state index in [0.29, 0.717) is 30.5 Å². The molecule has 1 aromatic carbocycles. The highest BCUT2D eigenvalue weighted by atomic mass is 19.1. The number of carbonyl (C=O) groups excluding carboxylic acids is 1. The van der Waals surface area contributed by atoms with Crippen LogP contribution in [0.4, 0.5) is 4.39 Å². The maximum Gasteiger partial charge on any atom is 0.273 e. The van der Waals surface area contributed by atoms with Gasteiger partial charge in [-0.25, -0.2) is 4.39 Å². The lowest BCUT2D eigenvalue weighted by Gasteiger charge is -2.22. The van der Waals surface area contributed by atoms with Gasteiger partial charge in [0.1, 0.15) is 16.7 Å². The zero-order valence-electron chi connectivity index (χ0n) is 19.9. The molecule has 0 aliphatic heterocycles. The molecule has 1 saturated carbocycles. The van der Waals surface area contributed by atoms with Gasteiger partial charge in [-0.2, -0.15) is 5.26 Å². The Labute approximate surface area is 197 Å². The standard InChI is InChI=1S/C26H29FN4O3/c1-5-18-14-20-21(25(33)31(18)19-10-8-17(27)9-11-19)23(34-16(2)3)22(30(20)4)24(32)29-26(15-28)12-6-7-13-26/h8-11,14,16H,5-7,12-13H2,1-4H3,(H,29,32). The van der Waals surface area contributed by atoms with Crippen LogP contribution in [-0.4, -0.2) is 26.7 Å². The molecule has 1 aliphatic carbocycles. The molecule has 1 amide bonds. The molecule has 178 valence electrons. The Balaban J connectivity index is 1.97. The number of carbonyl (C=O) groups is 1. The minimum absolute atomic E-state index is 0.194. The van der Waals surface area contributed by atoms with Crippen LogP contribution in [0.3, 0.4) is 0 Å². The number of fused-ring (bicyclic) bond motifs is 1. The van der Waals surface area contributed by atoms with E-state index >= 15 is 0 Å². The van der Waals surface area contributed by atoms with Gasteiger partial charge in [0.15, 0.2) is 11.4 Å². The number of ether oxygens (including phenoxy) is 1. The van der Waals surface area contributed by atoms with Gasteiger partial charge in [0.25, 0.3) is 11.5 Å². The molecule has 0 radical (unpaired) electrons. The number of nitrogens with zero attached hydrogens (tertiary/aromatic N) is 3. The second-order valence-corrected chi connectivity index (χ2v) is 9.12. The van der Waals surface area contributed by atoms with Crippen molar-refractivity contribution in [3.05, 3.63) is 57.9 Å². The molecule has 0 atom stereocenters. The third-order valence-electron chi connectivity index (χ3n) is 6.44. The minimum atomic E-state index is -0.911. The van der Waals surface area contributed by atoms with Crippen molar-refractivity contribution < 1.29 is 13.9 Å². The minimum Gasteiger partial charge on any atom is -0.488 e. The summed E-state index contributed by atoms with van der Waals surface area (Å²) in [4.78, 5) is 27.3. The Morgan fingerprint density at radius 2 is 1.91 bits per heavy atom. The molecule has 1 fully saturated rings. The first-order valence-corrected chi connectivity index (χ1v) is 11.6. The monoisotopic (exact) mass is 464 g/mol. The van der Waals surface area contributed by atoms with E-state index in [9.17, 15) is 19.2 Å². The maximum absolute atomic E-state index is 13.8. The Hall–Kier alpha value is -3.60. The van der Waals surface area contributed by atoms with Crippen molar-refractivity contribution in [3.8, 4) is 17.5 Å². The molecular formula is C26H29FN4O3. The van der Waals surface area contributed by atoms with E-state index in [2.05, 4.69) is 11.4 Å². The Bertz CT molecular complexity index is 1340. The van der Waals surface area contributed by atoms with Crippen molar-refractivity contribution in [1.29, 1.82) is 5.26 Å². The number of nitrogens with one attached hydrogen (secondary N) is 1. The summed E-state index contributed by atoms with van der Waals surface area (Å²) >= 11 is 0. The largest absolute Gasteiger partial charge is 0.488 e. The number of aromatic nitrogens is 2. The summed E-state index contributed by atoms with van der Waals surface area (Å²) in [6.45, 7) is 5.58. The molecule has 8 heteroatoms. The summed E-state index contributed by atoms with van der Waals surface area (Å²) in [6.07, 6.45) is 3.19. The van der Waals surface area contributed by atoms with Gasteiger partial charge in [0.05, 0.1) is 17.7 Å². The van der Waals surface area contributed by atoms with E-state index in [1.807, 2.05) is 26.8 Å². The second kappa shape index (κ2) is 8.98. The fourth-order valence-electron chi connectivity index (χ4n) is 4.77. The molecular weight excluding hydrogens is 435 g/mol. The molecule has 2 heterocycles. The highest BCUT2D eigenvalue weighted by molar-refractivity contribution is 6.04. The molecule has 0 saturated heterocycles. The lowest BCUT2D eigenvalue weighted by Crippen LogP contribution is -2.45. The van der Waals surface area contributed by atoms with E-state index in [1.165, 1.54) is 16.7 Å². The number of hydrogen-bond donors (Lipinski definition) is 1. The first-order valence-electron chi connectivity index (χ1n) is 11.6. The van der Waals surface area contributed by atoms with E-state index in [1.54, 1.807) is 23.7 Å². The Kier molecular flexibility index (Phi) is 6.22. The highest BCUT2D eigenvalue weighted by Crippen LogP contribution is 2.35. The van der Waals surface area contributed by atoms with Gasteiger partial charge in [-0.1, -0.05) is 6.92 Å². The van der Waals surface area contributed by atoms with Crippen LogP contribution in [0.15, 0.2) is 35.1 Å². The topological polar surface area (TPSA) is 89.1 Å². The lowest BCUT2D eigenvalue weighted by molar-refractivity contribution is 0.0906. The zero-order valence-corrected chi connectivity index (χ0v) is 19.9. The first kappa shape index (κ1) is 23.6. The van der Waals surface area contributed by atoms with Crippen LogP contribution in [0.5, 0.6) is 5.75 Å². The quantitative estimate of drug-likeness (QED) is 0.586. The van der Waals surface area contributed by atoms with Gasteiger partial charge >= 0.3 is 0 Å². The summed E-state index contributed by atoms with van der Waals surface area (Å²) in [6, 6.07) is 9.86. The van der Waals surface area contributed by atoms with E-state index in [-0.39, 0.29) is 28.5 Å². The average molecular weight is 465 g/mol. The second-order valence-electron chi connectivity index (χ2n) is 9.12. The number of nitriles is 1. The molecule has 34 heavy (non-hydrogen) atoms. The van der Waals surface area contributed by atoms with Gasteiger partial charge in [-0.3, -0.25) is 14.2 Å². The van der Waals surface area contributed by atoms with Crippen molar-refractivity contribution in [2.24, 2.45) is 7.05 Å². The van der Waals surface area contributed by atoms with Gasteiger partial charge in [0, 0.05) is 18.4 Å². The fourth-order valence-corrected chi connectivity index (χ4v) is 4.77. The molecule has 0 unspecified atom stereocenters. The van der Waals surface area contributed by atoms with Crippen LogP contribution in [0.1, 0.15) is 62.6 Å². The highest BCUT2D eigenvalue weighted by Gasteiger charge is 2.38. The van der Waals surface area contributed by atoms with Crippen LogP contribution >= 0.6 is 0 Å². The molecule has 3 aromatic rings. The summed E-state index contributed by atoms with van der Waals surface area (Å²) in [7, 11) is 1.72. The smallest absolute Gasteiger partial charge is 0.273 e. The molecule has 7 nitrogen and oxygen atoms in total. The number of benzene rings is 1. The number of rotatable bonds is 6. The van der Waals surface area contributed by atoms with Crippen LogP contribution in [-0.2, 0) is 13.5 Å². The third-order valence-corrected chi connectivity index (χ3v) is 6.44. The van der Waals surface area contributed by atoms with Gasteiger partial charge in [0.2, 0.25) is 0 Å². The molecule has 1 N–H and O–H groups in total. The predicted molar refractivity (Wildman–Crippen MR) is 128 cm³/mol. The molecule has 2 aromatic heterocycles. The molecule has 0 spiro atoms. The van der Waals surface area contributed by atoms with E-state index < -0.39 is 17.3 Å². The SMILES string of the molecule is CCc1cc2c(c(OC(C)C)c(C(=O)NC3(C#N)CCCC3)n2C)c(=O)n1-c1ccc(F)cc1. The fraction of sp³-hybridized carbons (Fsp3) is 0.423. The van der Waals surface area contributed by atoms with Gasteiger partial charge < -0.3 is 14.6 Å². The number of aryl methyl sites for hydroxylation is 2. The van der Waals surface area contributed by atoms with Crippen molar-refractivity contribution >= 4 is 16.8 Å². The van der Waals surface area contributed by atoms with Crippen molar-refractivity contribution in [2.75, 3.05) is 0 Å². The first-order chi connectivity index (χ1) is 16.2. The van der Waals surface area contributed by atoms with Crippen LogP contribution in [0.2, 0.25) is 0 Å². The van der Waals surface area contributed by atoms with Gasteiger partial charge in [-0.15, -0.1) is 0 Å². The summed E-state index contributed by atoms with van der Waals surface area (Å²) in [5, 5.41) is 12.9. The van der Waals surface area contributed by atoms with E-state index in [4.69, 9.17) is 4.74 Å². The third kappa shape index (κ3) is 3.96. The number of pyridine rings is 1. The number of halogens is 1. The zero-order chi connectivity index (χ0) is 24.6. The van der Waals surface area contributed by atoms with Crippen LogP contribution in [0, 0.1) is 17.1 Å². The lowest BCUT2D eigenvalue weighted by atomic mass is 9.99. The van der Waals surface area contributed by atoms with E-state index in [0.717, 1.165) is 18.5 Å². The van der Waals surface area contributed by atoms with Gasteiger partial charge in [-0.05, 0) is 76.3 Å². The average Bonchev–Trinajstić information content (AvgIpc) is 3.37. The van der Waals surface area contributed by atoms with Crippen molar-refractivity contribution in [1.82, 2.24) is 14.5 Å². The summed E-state index contributed by atoms with van der Waals surface area (Å²) < 4.78 is 22.8. The normalized spacial score (nSPS) is 15.0. The molecule has 1 aliphatic rings. The van der Waals surface area contributed by atoms with Crippen LogP contribution in [0.25, 0.3) is 16.6 Å². The molecule has 4 rings (SSSR count). The summed E-state index contributed by atoms with van der Waals surface area (Å²) in [5.41, 5.74) is 0.773. The van der Waals surface area contributed by atoms with Crippen LogP contribution < -0.4 is 15.6 Å². The Morgan fingerprint density at radius 1 is 1.26 bits per heavy atom. The predicted octanol–water partition coefficient (Wildman–Crippen LogP) is 4.38. The maximum atomic E-state index is 13.8. The summed E-state index contributed by atoms with van der Waals surface area (Å²) in [5.74, 6) is -0.639. The molecule has 0 bridgehead atoms.